The van der Waals surface area contributed by atoms with Crippen molar-refractivity contribution in [1.82, 2.24) is 10.1 Å². The highest BCUT2D eigenvalue weighted by molar-refractivity contribution is 6.32. The lowest BCUT2D eigenvalue weighted by Gasteiger charge is -2.06. The standard InChI is InChI=1S/C18H15ClN2O5/c1-23-13-8-6-12(7-9-13)18-20-16(26-21-18)10-25-17(22)11-24-15-5-3-2-4-14(15)19/h2-9H,10-11H2,1H3. The number of benzene rings is 2. The number of halogens is 1. The van der Waals surface area contributed by atoms with Gasteiger partial charge in [0.2, 0.25) is 5.82 Å². The summed E-state index contributed by atoms with van der Waals surface area (Å²) in [5.74, 6) is 1.14. The maximum absolute atomic E-state index is 11.8. The van der Waals surface area contributed by atoms with Gasteiger partial charge in [-0.15, -0.1) is 0 Å². The van der Waals surface area contributed by atoms with E-state index in [2.05, 4.69) is 10.1 Å². The topological polar surface area (TPSA) is 83.7 Å². The lowest BCUT2D eigenvalue weighted by atomic mass is 10.2. The number of hydrogen-bond acceptors (Lipinski definition) is 7. The quantitative estimate of drug-likeness (QED) is 0.585. The molecule has 0 unspecified atom stereocenters. The van der Waals surface area contributed by atoms with Crippen molar-refractivity contribution >= 4 is 17.6 Å². The minimum Gasteiger partial charge on any atom is -0.497 e. The van der Waals surface area contributed by atoms with E-state index in [1.165, 1.54) is 0 Å². The Morgan fingerprint density at radius 2 is 1.92 bits per heavy atom. The normalized spacial score (nSPS) is 10.4. The van der Waals surface area contributed by atoms with Gasteiger partial charge in [0.25, 0.3) is 5.89 Å². The molecule has 0 aliphatic rings. The predicted molar refractivity (Wildman–Crippen MR) is 93.0 cm³/mol. The maximum atomic E-state index is 11.8. The Balaban J connectivity index is 1.51. The second-order valence-electron chi connectivity index (χ2n) is 5.12. The van der Waals surface area contributed by atoms with Gasteiger partial charge in [-0.05, 0) is 36.4 Å². The molecule has 0 saturated heterocycles. The molecular weight excluding hydrogens is 360 g/mol. The highest BCUT2D eigenvalue weighted by atomic mass is 35.5. The molecule has 1 aromatic heterocycles. The van der Waals surface area contributed by atoms with Gasteiger partial charge in [0.15, 0.2) is 13.2 Å². The minimum absolute atomic E-state index is 0.145. The Morgan fingerprint density at radius 1 is 1.15 bits per heavy atom. The molecule has 8 heteroatoms. The van der Waals surface area contributed by atoms with Gasteiger partial charge in [-0.25, -0.2) is 4.79 Å². The zero-order chi connectivity index (χ0) is 18.4. The molecular formula is C18H15ClN2O5. The van der Waals surface area contributed by atoms with Crippen molar-refractivity contribution in [2.75, 3.05) is 13.7 Å². The zero-order valence-electron chi connectivity index (χ0n) is 13.8. The van der Waals surface area contributed by atoms with E-state index in [-0.39, 0.29) is 19.1 Å². The van der Waals surface area contributed by atoms with E-state index < -0.39 is 5.97 Å². The van der Waals surface area contributed by atoms with Crippen LogP contribution in [0.5, 0.6) is 11.5 Å². The van der Waals surface area contributed by atoms with E-state index in [9.17, 15) is 4.79 Å². The van der Waals surface area contributed by atoms with Crippen LogP contribution in [0, 0.1) is 0 Å². The van der Waals surface area contributed by atoms with E-state index in [0.29, 0.717) is 16.6 Å². The lowest BCUT2D eigenvalue weighted by Crippen LogP contribution is -2.15. The summed E-state index contributed by atoms with van der Waals surface area (Å²) < 4.78 is 20.5. The van der Waals surface area contributed by atoms with Gasteiger partial charge in [-0.1, -0.05) is 28.9 Å². The third-order valence-electron chi connectivity index (χ3n) is 3.36. The number of rotatable bonds is 7. The third kappa shape index (κ3) is 4.52. The summed E-state index contributed by atoms with van der Waals surface area (Å²) in [5.41, 5.74) is 0.758. The van der Waals surface area contributed by atoms with Crippen molar-refractivity contribution in [2.24, 2.45) is 0 Å². The van der Waals surface area contributed by atoms with Crippen LogP contribution in [-0.2, 0) is 16.1 Å². The molecule has 1 heterocycles. The van der Waals surface area contributed by atoms with Crippen molar-refractivity contribution < 1.29 is 23.5 Å². The number of methoxy groups -OCH3 is 1. The molecule has 7 nitrogen and oxygen atoms in total. The highest BCUT2D eigenvalue weighted by Crippen LogP contribution is 2.23. The minimum atomic E-state index is -0.575. The molecule has 0 amide bonds. The van der Waals surface area contributed by atoms with Gasteiger partial charge in [-0.2, -0.15) is 4.98 Å². The monoisotopic (exact) mass is 374 g/mol. The first-order valence-electron chi connectivity index (χ1n) is 7.65. The van der Waals surface area contributed by atoms with Crippen LogP contribution >= 0.6 is 11.6 Å². The van der Waals surface area contributed by atoms with Gasteiger partial charge in [0, 0.05) is 5.56 Å². The molecule has 0 aliphatic heterocycles. The molecule has 0 spiro atoms. The van der Waals surface area contributed by atoms with Crippen LogP contribution in [0.1, 0.15) is 5.89 Å². The zero-order valence-corrected chi connectivity index (χ0v) is 14.6. The second-order valence-corrected chi connectivity index (χ2v) is 5.53. The Bertz CT molecular complexity index is 879. The summed E-state index contributed by atoms with van der Waals surface area (Å²) >= 11 is 5.94. The van der Waals surface area contributed by atoms with Crippen molar-refractivity contribution in [3.05, 3.63) is 59.4 Å². The molecule has 134 valence electrons. The molecule has 0 aliphatic carbocycles. The summed E-state index contributed by atoms with van der Waals surface area (Å²) in [4.78, 5) is 15.9. The van der Waals surface area contributed by atoms with E-state index in [1.54, 1.807) is 55.6 Å². The van der Waals surface area contributed by atoms with Crippen molar-refractivity contribution in [3.63, 3.8) is 0 Å². The van der Waals surface area contributed by atoms with Crippen LogP contribution in [0.25, 0.3) is 11.4 Å². The summed E-state index contributed by atoms with van der Waals surface area (Å²) in [5, 5.41) is 4.28. The second kappa shape index (κ2) is 8.35. The lowest BCUT2D eigenvalue weighted by molar-refractivity contribution is -0.148. The molecule has 0 bridgehead atoms. The van der Waals surface area contributed by atoms with Gasteiger partial charge in [0.05, 0.1) is 12.1 Å². The summed E-state index contributed by atoms with van der Waals surface area (Å²) in [7, 11) is 1.59. The van der Waals surface area contributed by atoms with Crippen molar-refractivity contribution in [1.29, 1.82) is 0 Å². The molecule has 2 aromatic carbocycles. The van der Waals surface area contributed by atoms with Gasteiger partial charge >= 0.3 is 5.97 Å². The van der Waals surface area contributed by atoms with Crippen LogP contribution in [0.3, 0.4) is 0 Å². The molecule has 0 atom stereocenters. The van der Waals surface area contributed by atoms with E-state index in [1.807, 2.05) is 0 Å². The van der Waals surface area contributed by atoms with Gasteiger partial charge in [0.1, 0.15) is 11.5 Å². The van der Waals surface area contributed by atoms with Crippen LogP contribution in [0.4, 0.5) is 0 Å². The number of para-hydroxylation sites is 1. The van der Waals surface area contributed by atoms with E-state index in [4.69, 9.17) is 30.3 Å². The highest BCUT2D eigenvalue weighted by Gasteiger charge is 2.12. The predicted octanol–water partition coefficient (Wildman–Crippen LogP) is 3.52. The first-order chi connectivity index (χ1) is 12.7. The van der Waals surface area contributed by atoms with Crippen molar-refractivity contribution in [2.45, 2.75) is 6.61 Å². The third-order valence-corrected chi connectivity index (χ3v) is 3.67. The molecule has 0 N–H and O–H groups in total. The maximum Gasteiger partial charge on any atom is 0.344 e. The summed E-state index contributed by atoms with van der Waals surface area (Å²) in [6.45, 7) is -0.420. The average Bonchev–Trinajstić information content (AvgIpc) is 3.15. The van der Waals surface area contributed by atoms with Crippen LogP contribution < -0.4 is 9.47 Å². The van der Waals surface area contributed by atoms with Crippen molar-refractivity contribution in [3.8, 4) is 22.9 Å². The van der Waals surface area contributed by atoms with Crippen LogP contribution in [0.2, 0.25) is 5.02 Å². The Labute approximate surface area is 154 Å². The first kappa shape index (κ1) is 17.8. The summed E-state index contributed by atoms with van der Waals surface area (Å²) in [6.07, 6.45) is 0. The Morgan fingerprint density at radius 3 is 2.65 bits per heavy atom. The van der Waals surface area contributed by atoms with Crippen LogP contribution in [-0.4, -0.2) is 29.8 Å². The molecule has 26 heavy (non-hydrogen) atoms. The number of hydrogen-bond donors (Lipinski definition) is 0. The smallest absolute Gasteiger partial charge is 0.344 e. The van der Waals surface area contributed by atoms with Gasteiger partial charge < -0.3 is 18.7 Å². The Hall–Kier alpha value is -3.06. The molecule has 0 saturated carbocycles. The fourth-order valence-corrected chi connectivity index (χ4v) is 2.24. The first-order valence-corrected chi connectivity index (χ1v) is 8.03. The molecule has 3 aromatic rings. The average molecular weight is 375 g/mol. The number of ether oxygens (including phenoxy) is 3. The summed E-state index contributed by atoms with van der Waals surface area (Å²) in [6, 6.07) is 14.0. The SMILES string of the molecule is COc1ccc(-c2noc(COC(=O)COc3ccccc3Cl)n2)cc1. The number of nitrogens with zero attached hydrogens (tertiary/aromatic N) is 2. The fraction of sp³-hybridized carbons (Fsp3) is 0.167. The molecule has 0 fully saturated rings. The number of carbonyl (C=O) groups is 1. The molecule has 0 radical (unpaired) electrons. The van der Waals surface area contributed by atoms with E-state index in [0.717, 1.165) is 11.3 Å². The number of aromatic nitrogens is 2. The van der Waals surface area contributed by atoms with Crippen LogP contribution in [0.15, 0.2) is 53.1 Å². The number of esters is 1. The fourth-order valence-electron chi connectivity index (χ4n) is 2.05. The van der Waals surface area contributed by atoms with E-state index >= 15 is 0 Å². The largest absolute Gasteiger partial charge is 0.497 e. The molecule has 3 rings (SSSR count). The Kier molecular flexibility index (Phi) is 5.70. The van der Waals surface area contributed by atoms with Gasteiger partial charge in [-0.3, -0.25) is 0 Å². The number of carbonyl (C=O) groups excluding carboxylic acids is 1.